The number of aryl methyl sites for hydroxylation is 3. The molecular formula is C13H15N3S. The molecule has 1 heterocycles. The van der Waals surface area contributed by atoms with Crippen LogP contribution in [0.2, 0.25) is 0 Å². The molecule has 17 heavy (non-hydrogen) atoms. The Labute approximate surface area is 105 Å². The predicted octanol–water partition coefficient (Wildman–Crippen LogP) is 3.51. The van der Waals surface area contributed by atoms with Crippen LogP contribution in [0.3, 0.4) is 0 Å². The molecule has 1 aromatic heterocycles. The van der Waals surface area contributed by atoms with Crippen molar-refractivity contribution in [2.75, 3.05) is 5.43 Å². The van der Waals surface area contributed by atoms with Gasteiger partial charge in [0.2, 0.25) is 5.13 Å². The molecule has 0 radical (unpaired) electrons. The van der Waals surface area contributed by atoms with Crippen molar-refractivity contribution >= 4 is 22.7 Å². The van der Waals surface area contributed by atoms with Gasteiger partial charge in [-0.1, -0.05) is 29.8 Å². The van der Waals surface area contributed by atoms with Gasteiger partial charge in [-0.3, -0.25) is 5.43 Å². The van der Waals surface area contributed by atoms with Crippen molar-refractivity contribution in [3.05, 3.63) is 46.0 Å². The fourth-order valence-electron chi connectivity index (χ4n) is 1.34. The number of nitrogens with one attached hydrogen (secondary N) is 1. The van der Waals surface area contributed by atoms with Crippen LogP contribution >= 0.6 is 11.3 Å². The number of aromatic nitrogens is 1. The first-order valence-electron chi connectivity index (χ1n) is 5.45. The molecule has 2 rings (SSSR count). The molecule has 88 valence electrons. The molecule has 1 N–H and O–H groups in total. The third-order valence-electron chi connectivity index (χ3n) is 2.48. The van der Waals surface area contributed by atoms with E-state index < -0.39 is 0 Å². The van der Waals surface area contributed by atoms with Gasteiger partial charge in [0.1, 0.15) is 0 Å². The van der Waals surface area contributed by atoms with Gasteiger partial charge in [-0.05, 0) is 26.3 Å². The first-order chi connectivity index (χ1) is 8.15. The first kappa shape index (κ1) is 11.8. The number of anilines is 1. The highest BCUT2D eigenvalue weighted by atomic mass is 32.1. The lowest BCUT2D eigenvalue weighted by molar-refractivity contribution is 1.20. The second-order valence-electron chi connectivity index (χ2n) is 3.94. The summed E-state index contributed by atoms with van der Waals surface area (Å²) >= 11 is 1.62. The van der Waals surface area contributed by atoms with Gasteiger partial charge in [0, 0.05) is 4.88 Å². The van der Waals surface area contributed by atoms with E-state index in [1.807, 2.05) is 19.1 Å². The zero-order chi connectivity index (χ0) is 12.3. The normalized spacial score (nSPS) is 11.0. The summed E-state index contributed by atoms with van der Waals surface area (Å²) in [5.74, 6) is 0. The number of hydrogen-bond donors (Lipinski definition) is 1. The predicted molar refractivity (Wildman–Crippen MR) is 74.0 cm³/mol. The summed E-state index contributed by atoms with van der Waals surface area (Å²) in [5.41, 5.74) is 6.33. The lowest BCUT2D eigenvalue weighted by Gasteiger charge is -1.95. The van der Waals surface area contributed by atoms with Gasteiger partial charge in [-0.25, -0.2) is 4.98 Å². The number of nitrogens with zero attached hydrogens (tertiary/aromatic N) is 2. The van der Waals surface area contributed by atoms with Crippen LogP contribution in [-0.2, 0) is 0 Å². The minimum Gasteiger partial charge on any atom is -0.253 e. The Bertz CT molecular complexity index is 507. The molecule has 1 aromatic carbocycles. The fraction of sp³-hybridized carbons (Fsp3) is 0.231. The van der Waals surface area contributed by atoms with Gasteiger partial charge < -0.3 is 0 Å². The molecular weight excluding hydrogens is 230 g/mol. The Morgan fingerprint density at radius 2 is 1.88 bits per heavy atom. The van der Waals surface area contributed by atoms with Crippen molar-refractivity contribution in [1.29, 1.82) is 0 Å². The molecule has 0 spiro atoms. The molecule has 4 heteroatoms. The van der Waals surface area contributed by atoms with Crippen molar-refractivity contribution in [3.63, 3.8) is 0 Å². The van der Waals surface area contributed by atoms with E-state index in [1.54, 1.807) is 17.6 Å². The Morgan fingerprint density at radius 1 is 1.18 bits per heavy atom. The number of hydrazone groups is 1. The van der Waals surface area contributed by atoms with E-state index in [-0.39, 0.29) is 0 Å². The summed E-state index contributed by atoms with van der Waals surface area (Å²) in [6.45, 7) is 6.13. The molecule has 0 atom stereocenters. The second kappa shape index (κ2) is 5.10. The standard InChI is InChI=1S/C13H15N3S/c1-9-4-6-12(7-5-9)8-14-16-13-15-10(2)11(3)17-13/h4-8H,1-3H3,(H,15,16)/b14-8+. The van der Waals surface area contributed by atoms with E-state index in [0.717, 1.165) is 16.4 Å². The Morgan fingerprint density at radius 3 is 2.47 bits per heavy atom. The molecule has 0 aliphatic rings. The molecule has 0 bridgehead atoms. The molecule has 3 nitrogen and oxygen atoms in total. The average molecular weight is 245 g/mol. The van der Waals surface area contributed by atoms with Crippen molar-refractivity contribution in [1.82, 2.24) is 4.98 Å². The summed E-state index contributed by atoms with van der Waals surface area (Å²) in [7, 11) is 0. The highest BCUT2D eigenvalue weighted by molar-refractivity contribution is 7.15. The zero-order valence-corrected chi connectivity index (χ0v) is 11.0. The van der Waals surface area contributed by atoms with Crippen LogP contribution < -0.4 is 5.43 Å². The van der Waals surface area contributed by atoms with Crippen LogP contribution in [0.4, 0.5) is 5.13 Å². The molecule has 2 aromatic rings. The third-order valence-corrected chi connectivity index (χ3v) is 3.46. The highest BCUT2D eigenvalue weighted by Crippen LogP contribution is 2.20. The van der Waals surface area contributed by atoms with Crippen molar-refractivity contribution in [2.45, 2.75) is 20.8 Å². The SMILES string of the molecule is Cc1ccc(/C=N/Nc2nc(C)c(C)s2)cc1. The van der Waals surface area contributed by atoms with E-state index in [0.29, 0.717) is 0 Å². The molecule has 0 fully saturated rings. The lowest BCUT2D eigenvalue weighted by Crippen LogP contribution is -1.90. The van der Waals surface area contributed by atoms with E-state index in [4.69, 9.17) is 0 Å². The number of rotatable bonds is 3. The van der Waals surface area contributed by atoms with Gasteiger partial charge in [0.25, 0.3) is 0 Å². The summed E-state index contributed by atoms with van der Waals surface area (Å²) in [6.07, 6.45) is 1.80. The molecule has 0 amide bonds. The van der Waals surface area contributed by atoms with Crippen LogP contribution in [0.1, 0.15) is 21.7 Å². The monoisotopic (exact) mass is 245 g/mol. The minimum atomic E-state index is 0.836. The van der Waals surface area contributed by atoms with Gasteiger partial charge in [0.05, 0.1) is 11.9 Å². The van der Waals surface area contributed by atoms with Gasteiger partial charge >= 0.3 is 0 Å². The Kier molecular flexibility index (Phi) is 3.54. The van der Waals surface area contributed by atoms with Crippen LogP contribution in [0.15, 0.2) is 29.4 Å². The van der Waals surface area contributed by atoms with E-state index in [2.05, 4.69) is 41.5 Å². The average Bonchev–Trinajstić information content (AvgIpc) is 2.61. The minimum absolute atomic E-state index is 0.836. The van der Waals surface area contributed by atoms with Gasteiger partial charge in [-0.2, -0.15) is 5.10 Å². The maximum atomic E-state index is 4.35. The molecule has 0 aliphatic carbocycles. The van der Waals surface area contributed by atoms with E-state index >= 15 is 0 Å². The van der Waals surface area contributed by atoms with E-state index in [1.165, 1.54) is 10.4 Å². The van der Waals surface area contributed by atoms with Crippen LogP contribution in [0.25, 0.3) is 0 Å². The summed E-state index contributed by atoms with van der Waals surface area (Å²) < 4.78 is 0. The zero-order valence-electron chi connectivity index (χ0n) is 10.2. The van der Waals surface area contributed by atoms with Crippen LogP contribution in [0, 0.1) is 20.8 Å². The first-order valence-corrected chi connectivity index (χ1v) is 6.26. The Hall–Kier alpha value is -1.68. The smallest absolute Gasteiger partial charge is 0.203 e. The summed E-state index contributed by atoms with van der Waals surface area (Å²) in [5, 5.41) is 5.01. The maximum Gasteiger partial charge on any atom is 0.203 e. The van der Waals surface area contributed by atoms with E-state index in [9.17, 15) is 0 Å². The fourth-order valence-corrected chi connectivity index (χ4v) is 2.10. The topological polar surface area (TPSA) is 37.3 Å². The van der Waals surface area contributed by atoms with Gasteiger partial charge in [0.15, 0.2) is 0 Å². The molecule has 0 saturated heterocycles. The quantitative estimate of drug-likeness (QED) is 0.663. The Balaban J connectivity index is 2.00. The van der Waals surface area contributed by atoms with Crippen molar-refractivity contribution in [3.8, 4) is 0 Å². The lowest BCUT2D eigenvalue weighted by atomic mass is 10.2. The third kappa shape index (κ3) is 3.14. The highest BCUT2D eigenvalue weighted by Gasteiger charge is 2.00. The molecule has 0 saturated carbocycles. The number of benzene rings is 1. The second-order valence-corrected chi connectivity index (χ2v) is 5.14. The number of hydrogen-bond acceptors (Lipinski definition) is 4. The number of thiazole rings is 1. The molecule has 0 unspecified atom stereocenters. The van der Waals surface area contributed by atoms with Gasteiger partial charge in [-0.15, -0.1) is 11.3 Å². The largest absolute Gasteiger partial charge is 0.253 e. The summed E-state index contributed by atoms with van der Waals surface area (Å²) in [4.78, 5) is 5.57. The van der Waals surface area contributed by atoms with Crippen LogP contribution in [-0.4, -0.2) is 11.2 Å². The summed E-state index contributed by atoms with van der Waals surface area (Å²) in [6, 6.07) is 8.22. The van der Waals surface area contributed by atoms with Crippen LogP contribution in [0.5, 0.6) is 0 Å². The molecule has 0 aliphatic heterocycles. The van der Waals surface area contributed by atoms with Crippen molar-refractivity contribution < 1.29 is 0 Å². The van der Waals surface area contributed by atoms with Crippen molar-refractivity contribution in [2.24, 2.45) is 5.10 Å². The maximum absolute atomic E-state index is 4.35.